The second-order valence-electron chi connectivity index (χ2n) is 6.75. The zero-order chi connectivity index (χ0) is 20.5. The first kappa shape index (κ1) is 20.3. The van der Waals surface area contributed by atoms with Gasteiger partial charge >= 0.3 is 0 Å². The van der Waals surface area contributed by atoms with Crippen molar-refractivity contribution in [2.45, 2.75) is 26.3 Å². The maximum absolute atomic E-state index is 13.3. The standard InChI is InChI=1S/C24H25N3O2/c1-2-3-15-26-23(28)20-14-16-25-22(17-20)24(29)27(21-12-8-5-9-13-21)18-19-10-6-4-7-11-19/h4-14,16-17H,2-3,15,18H2,1H3,(H,26,28). The van der Waals surface area contributed by atoms with Crippen LogP contribution in [0.3, 0.4) is 0 Å². The number of rotatable bonds is 8. The molecule has 0 fully saturated rings. The van der Waals surface area contributed by atoms with E-state index in [9.17, 15) is 9.59 Å². The van der Waals surface area contributed by atoms with Crippen molar-refractivity contribution in [3.05, 3.63) is 95.8 Å². The van der Waals surface area contributed by atoms with Crippen LogP contribution in [-0.2, 0) is 6.54 Å². The molecule has 0 bridgehead atoms. The Bertz CT molecular complexity index is 943. The number of amides is 2. The van der Waals surface area contributed by atoms with Crippen LogP contribution in [0.1, 0.15) is 46.2 Å². The highest BCUT2D eigenvalue weighted by atomic mass is 16.2. The average molecular weight is 387 g/mol. The quantitative estimate of drug-likeness (QED) is 0.581. The Morgan fingerprint density at radius 2 is 1.66 bits per heavy atom. The van der Waals surface area contributed by atoms with Gasteiger partial charge in [-0.1, -0.05) is 61.9 Å². The Morgan fingerprint density at radius 1 is 0.966 bits per heavy atom. The van der Waals surface area contributed by atoms with E-state index in [2.05, 4.69) is 17.2 Å². The SMILES string of the molecule is CCCCNC(=O)c1ccnc(C(=O)N(Cc2ccccc2)c2ccccc2)c1. The normalized spacial score (nSPS) is 10.4. The van der Waals surface area contributed by atoms with Crippen molar-refractivity contribution in [2.75, 3.05) is 11.4 Å². The molecule has 2 aromatic carbocycles. The van der Waals surface area contributed by atoms with Crippen LogP contribution >= 0.6 is 0 Å². The molecule has 0 radical (unpaired) electrons. The molecule has 148 valence electrons. The molecule has 3 rings (SSSR count). The lowest BCUT2D eigenvalue weighted by atomic mass is 10.1. The summed E-state index contributed by atoms with van der Waals surface area (Å²) in [7, 11) is 0. The molecule has 0 spiro atoms. The number of anilines is 1. The van der Waals surface area contributed by atoms with Crippen LogP contribution in [0.2, 0.25) is 0 Å². The maximum atomic E-state index is 13.3. The Kier molecular flexibility index (Phi) is 7.11. The topological polar surface area (TPSA) is 62.3 Å². The molecule has 0 aliphatic carbocycles. The van der Waals surface area contributed by atoms with Gasteiger partial charge in [-0.3, -0.25) is 14.6 Å². The van der Waals surface area contributed by atoms with Crippen molar-refractivity contribution in [3.8, 4) is 0 Å². The largest absolute Gasteiger partial charge is 0.352 e. The molecule has 29 heavy (non-hydrogen) atoms. The molecule has 0 unspecified atom stereocenters. The monoisotopic (exact) mass is 387 g/mol. The number of nitrogens with zero attached hydrogens (tertiary/aromatic N) is 2. The number of carbonyl (C=O) groups excluding carboxylic acids is 2. The number of carbonyl (C=O) groups is 2. The highest BCUT2D eigenvalue weighted by Crippen LogP contribution is 2.20. The third kappa shape index (κ3) is 5.51. The molecule has 0 atom stereocenters. The van der Waals surface area contributed by atoms with E-state index in [0.717, 1.165) is 24.1 Å². The maximum Gasteiger partial charge on any atom is 0.277 e. The number of unbranched alkanes of at least 4 members (excludes halogenated alkanes) is 1. The van der Waals surface area contributed by atoms with Gasteiger partial charge in [0.05, 0.1) is 6.54 Å². The zero-order valence-corrected chi connectivity index (χ0v) is 16.5. The van der Waals surface area contributed by atoms with Gasteiger partial charge in [-0.05, 0) is 36.2 Å². The Balaban J connectivity index is 1.86. The first-order valence-electron chi connectivity index (χ1n) is 9.84. The molecule has 5 nitrogen and oxygen atoms in total. The predicted octanol–water partition coefficient (Wildman–Crippen LogP) is 4.46. The van der Waals surface area contributed by atoms with E-state index in [1.54, 1.807) is 17.0 Å². The van der Waals surface area contributed by atoms with Crippen LogP contribution in [0.15, 0.2) is 79.0 Å². The molecular weight excluding hydrogens is 362 g/mol. The Morgan fingerprint density at radius 3 is 2.34 bits per heavy atom. The lowest BCUT2D eigenvalue weighted by molar-refractivity contribution is 0.0953. The summed E-state index contributed by atoms with van der Waals surface area (Å²) in [6.07, 6.45) is 3.43. The molecule has 3 aromatic rings. The van der Waals surface area contributed by atoms with Crippen LogP contribution in [0.5, 0.6) is 0 Å². The molecule has 1 aromatic heterocycles. The van der Waals surface area contributed by atoms with Gasteiger partial charge in [0.25, 0.3) is 11.8 Å². The molecule has 0 aliphatic rings. The van der Waals surface area contributed by atoms with Gasteiger partial charge in [-0.25, -0.2) is 0 Å². The molecule has 5 heteroatoms. The van der Waals surface area contributed by atoms with E-state index in [0.29, 0.717) is 18.7 Å². The molecule has 1 heterocycles. The number of pyridine rings is 1. The van der Waals surface area contributed by atoms with Crippen molar-refractivity contribution in [3.63, 3.8) is 0 Å². The average Bonchev–Trinajstić information content (AvgIpc) is 2.78. The fraction of sp³-hybridized carbons (Fsp3) is 0.208. The Labute approximate surface area is 171 Å². The molecule has 0 saturated heterocycles. The minimum absolute atomic E-state index is 0.191. The third-order valence-corrected chi connectivity index (χ3v) is 4.55. The molecule has 1 N–H and O–H groups in total. The predicted molar refractivity (Wildman–Crippen MR) is 115 cm³/mol. The number of nitrogens with one attached hydrogen (secondary N) is 1. The molecule has 2 amide bonds. The molecule has 0 aliphatic heterocycles. The summed E-state index contributed by atoms with van der Waals surface area (Å²) < 4.78 is 0. The van der Waals surface area contributed by atoms with Gasteiger partial charge in [0, 0.05) is 24.0 Å². The van der Waals surface area contributed by atoms with Crippen LogP contribution in [0, 0.1) is 0 Å². The van der Waals surface area contributed by atoms with Crippen LogP contribution < -0.4 is 10.2 Å². The van der Waals surface area contributed by atoms with Crippen LogP contribution in [0.4, 0.5) is 5.69 Å². The van der Waals surface area contributed by atoms with Gasteiger partial charge in [-0.15, -0.1) is 0 Å². The second-order valence-corrected chi connectivity index (χ2v) is 6.75. The van der Waals surface area contributed by atoms with E-state index in [-0.39, 0.29) is 17.5 Å². The second kappa shape index (κ2) is 10.2. The van der Waals surface area contributed by atoms with Crippen molar-refractivity contribution in [1.29, 1.82) is 0 Å². The fourth-order valence-electron chi connectivity index (χ4n) is 2.96. The number of aromatic nitrogens is 1. The number of hydrogen-bond acceptors (Lipinski definition) is 3. The lowest BCUT2D eigenvalue weighted by Gasteiger charge is -2.23. The van der Waals surface area contributed by atoms with Gasteiger partial charge in [0.15, 0.2) is 0 Å². The van der Waals surface area contributed by atoms with E-state index in [1.807, 2.05) is 60.7 Å². The smallest absolute Gasteiger partial charge is 0.277 e. The Hall–Kier alpha value is -3.47. The first-order chi connectivity index (χ1) is 14.2. The molecular formula is C24H25N3O2. The summed E-state index contributed by atoms with van der Waals surface area (Å²) in [5.41, 5.74) is 2.47. The minimum Gasteiger partial charge on any atom is -0.352 e. The summed E-state index contributed by atoms with van der Waals surface area (Å²) in [6.45, 7) is 3.10. The summed E-state index contributed by atoms with van der Waals surface area (Å²) in [4.78, 5) is 31.6. The first-order valence-corrected chi connectivity index (χ1v) is 9.84. The van der Waals surface area contributed by atoms with Gasteiger partial charge in [0.1, 0.15) is 5.69 Å². The highest BCUT2D eigenvalue weighted by Gasteiger charge is 2.20. The lowest BCUT2D eigenvalue weighted by Crippen LogP contribution is -2.31. The summed E-state index contributed by atoms with van der Waals surface area (Å²) in [5, 5.41) is 2.88. The van der Waals surface area contributed by atoms with Gasteiger partial charge < -0.3 is 10.2 Å². The van der Waals surface area contributed by atoms with Crippen molar-refractivity contribution in [2.24, 2.45) is 0 Å². The fourth-order valence-corrected chi connectivity index (χ4v) is 2.96. The molecule has 0 saturated carbocycles. The number of hydrogen-bond donors (Lipinski definition) is 1. The van der Waals surface area contributed by atoms with Crippen molar-refractivity contribution < 1.29 is 9.59 Å². The minimum atomic E-state index is -0.247. The van der Waals surface area contributed by atoms with E-state index in [1.165, 1.54) is 6.20 Å². The van der Waals surface area contributed by atoms with Crippen molar-refractivity contribution >= 4 is 17.5 Å². The summed E-state index contributed by atoms with van der Waals surface area (Å²) in [5.74, 6) is -0.438. The van der Waals surface area contributed by atoms with Crippen LogP contribution in [-0.4, -0.2) is 23.3 Å². The summed E-state index contributed by atoms with van der Waals surface area (Å²) in [6, 6.07) is 22.5. The number of para-hydroxylation sites is 1. The van der Waals surface area contributed by atoms with Crippen LogP contribution in [0.25, 0.3) is 0 Å². The zero-order valence-electron chi connectivity index (χ0n) is 16.5. The number of benzene rings is 2. The van der Waals surface area contributed by atoms with Gasteiger partial charge in [0.2, 0.25) is 0 Å². The summed E-state index contributed by atoms with van der Waals surface area (Å²) >= 11 is 0. The van der Waals surface area contributed by atoms with Crippen molar-refractivity contribution in [1.82, 2.24) is 10.3 Å². The van der Waals surface area contributed by atoms with Gasteiger partial charge in [-0.2, -0.15) is 0 Å². The van der Waals surface area contributed by atoms with E-state index < -0.39 is 0 Å². The van der Waals surface area contributed by atoms with E-state index in [4.69, 9.17) is 0 Å². The highest BCUT2D eigenvalue weighted by molar-refractivity contribution is 6.06. The third-order valence-electron chi connectivity index (χ3n) is 4.55. The van der Waals surface area contributed by atoms with E-state index >= 15 is 0 Å².